The predicted octanol–water partition coefficient (Wildman–Crippen LogP) is 3.18. The molecule has 24 heavy (non-hydrogen) atoms. The predicted molar refractivity (Wildman–Crippen MR) is 95.7 cm³/mol. The zero-order chi connectivity index (χ0) is 15.9. The van der Waals surface area contributed by atoms with Crippen LogP contribution in [0.15, 0.2) is 60.7 Å². The number of halogens is 1. The van der Waals surface area contributed by atoms with Crippen molar-refractivity contribution in [3.05, 3.63) is 66.2 Å². The highest BCUT2D eigenvalue weighted by atomic mass is 35.5. The number of hydrogen-bond acceptors (Lipinski definition) is 4. The Hall–Kier alpha value is -2.04. The van der Waals surface area contributed by atoms with Crippen LogP contribution in [0.5, 0.6) is 5.75 Å². The van der Waals surface area contributed by atoms with Crippen molar-refractivity contribution < 1.29 is 14.3 Å². The van der Waals surface area contributed by atoms with E-state index in [4.69, 9.17) is 9.47 Å². The highest BCUT2D eigenvalue weighted by Crippen LogP contribution is 2.27. The number of ether oxygens (including phenoxy) is 2. The first-order valence-electron chi connectivity index (χ1n) is 7.96. The minimum absolute atomic E-state index is 0. The maximum atomic E-state index is 12.1. The summed E-state index contributed by atoms with van der Waals surface area (Å²) >= 11 is 0. The van der Waals surface area contributed by atoms with Gasteiger partial charge in [0.15, 0.2) is 6.61 Å². The highest BCUT2D eigenvalue weighted by molar-refractivity contribution is 5.85. The first-order valence-corrected chi connectivity index (χ1v) is 7.96. The molecule has 0 spiro atoms. The van der Waals surface area contributed by atoms with E-state index in [0.717, 1.165) is 13.0 Å². The molecule has 0 amide bonds. The number of rotatable bonds is 5. The van der Waals surface area contributed by atoms with E-state index in [-0.39, 0.29) is 37.0 Å². The van der Waals surface area contributed by atoms with E-state index < -0.39 is 0 Å². The molecule has 2 aromatic carbocycles. The van der Waals surface area contributed by atoms with E-state index in [1.165, 1.54) is 5.56 Å². The third kappa shape index (κ3) is 4.98. The topological polar surface area (TPSA) is 47.6 Å². The van der Waals surface area contributed by atoms with Gasteiger partial charge in [0.1, 0.15) is 11.9 Å². The lowest BCUT2D eigenvalue weighted by atomic mass is 9.88. The van der Waals surface area contributed by atoms with Crippen molar-refractivity contribution >= 4 is 18.4 Å². The second-order valence-electron chi connectivity index (χ2n) is 5.64. The van der Waals surface area contributed by atoms with Gasteiger partial charge >= 0.3 is 5.97 Å². The maximum absolute atomic E-state index is 12.1. The van der Waals surface area contributed by atoms with E-state index in [9.17, 15) is 4.79 Å². The summed E-state index contributed by atoms with van der Waals surface area (Å²) in [5.41, 5.74) is 1.22. The molecule has 1 aliphatic rings. The van der Waals surface area contributed by atoms with Gasteiger partial charge in [-0.3, -0.25) is 0 Å². The minimum atomic E-state index is -0.330. The largest absolute Gasteiger partial charge is 0.482 e. The van der Waals surface area contributed by atoms with Crippen LogP contribution in [-0.2, 0) is 9.53 Å². The molecule has 2 aromatic rings. The number of nitrogens with one attached hydrogen (secondary N) is 1. The number of carbonyl (C=O) groups excluding carboxylic acids is 1. The van der Waals surface area contributed by atoms with Crippen LogP contribution in [-0.4, -0.2) is 31.8 Å². The van der Waals surface area contributed by atoms with Crippen LogP contribution in [0.4, 0.5) is 0 Å². The van der Waals surface area contributed by atoms with Gasteiger partial charge in [-0.25, -0.2) is 4.79 Å². The number of benzene rings is 2. The summed E-state index contributed by atoms with van der Waals surface area (Å²) in [4.78, 5) is 12.1. The first kappa shape index (κ1) is 18.3. The molecule has 0 aliphatic carbocycles. The molecule has 1 aliphatic heterocycles. The quantitative estimate of drug-likeness (QED) is 0.844. The molecule has 5 heteroatoms. The highest BCUT2D eigenvalue weighted by Gasteiger charge is 2.29. The lowest BCUT2D eigenvalue weighted by Gasteiger charge is -2.32. The Kier molecular flexibility index (Phi) is 7.09. The van der Waals surface area contributed by atoms with Crippen molar-refractivity contribution in [2.75, 3.05) is 19.7 Å². The molecule has 1 heterocycles. The summed E-state index contributed by atoms with van der Waals surface area (Å²) in [5.74, 6) is 0.576. The number of carbonyl (C=O) groups is 1. The maximum Gasteiger partial charge on any atom is 0.344 e. The van der Waals surface area contributed by atoms with Crippen LogP contribution in [0.1, 0.15) is 17.9 Å². The average molecular weight is 348 g/mol. The molecule has 1 saturated heterocycles. The third-order valence-corrected chi connectivity index (χ3v) is 4.04. The van der Waals surface area contributed by atoms with Crippen molar-refractivity contribution in [1.29, 1.82) is 0 Å². The van der Waals surface area contributed by atoms with Gasteiger partial charge in [0.05, 0.1) is 0 Å². The molecule has 0 aromatic heterocycles. The molecule has 1 fully saturated rings. The second kappa shape index (κ2) is 9.30. The van der Waals surface area contributed by atoms with Crippen molar-refractivity contribution in [3.63, 3.8) is 0 Å². The van der Waals surface area contributed by atoms with Crippen molar-refractivity contribution in [2.24, 2.45) is 0 Å². The summed E-state index contributed by atoms with van der Waals surface area (Å²) in [6.07, 6.45) is 0.805. The lowest BCUT2D eigenvalue weighted by Crippen LogP contribution is -2.42. The summed E-state index contributed by atoms with van der Waals surface area (Å²) in [5, 5.41) is 3.30. The molecular weight excluding hydrogens is 326 g/mol. The van der Waals surface area contributed by atoms with E-state index in [1.54, 1.807) is 0 Å². The zero-order valence-electron chi connectivity index (χ0n) is 13.4. The van der Waals surface area contributed by atoms with E-state index in [1.807, 2.05) is 48.5 Å². The molecule has 0 saturated carbocycles. The SMILES string of the molecule is Cl.O=C(COc1ccccc1)O[C@H]1CNCC[C@@H]1c1ccccc1. The van der Waals surface area contributed by atoms with Crippen LogP contribution >= 0.6 is 12.4 Å². The number of hydrogen-bond donors (Lipinski definition) is 1. The van der Waals surface area contributed by atoms with E-state index in [0.29, 0.717) is 12.3 Å². The Labute approximate surface area is 148 Å². The van der Waals surface area contributed by atoms with Gasteiger partial charge in [0.2, 0.25) is 0 Å². The van der Waals surface area contributed by atoms with Crippen LogP contribution in [0.25, 0.3) is 0 Å². The van der Waals surface area contributed by atoms with Crippen LogP contribution in [0.3, 0.4) is 0 Å². The Morgan fingerprint density at radius 3 is 2.42 bits per heavy atom. The van der Waals surface area contributed by atoms with Crippen LogP contribution < -0.4 is 10.1 Å². The second-order valence-corrected chi connectivity index (χ2v) is 5.64. The van der Waals surface area contributed by atoms with Gasteiger partial charge in [-0.1, -0.05) is 48.5 Å². The fourth-order valence-corrected chi connectivity index (χ4v) is 2.90. The summed E-state index contributed by atoms with van der Waals surface area (Å²) in [6, 6.07) is 19.5. The van der Waals surface area contributed by atoms with Gasteiger partial charge in [0, 0.05) is 12.5 Å². The summed E-state index contributed by atoms with van der Waals surface area (Å²) in [7, 11) is 0. The standard InChI is InChI=1S/C19H21NO3.ClH/c21-19(14-22-16-9-5-2-6-10-16)23-18-13-20-12-11-17(18)15-7-3-1-4-8-15;/h1-10,17-18,20H,11-14H2;1H/t17-,18+;/m1./s1. The fourth-order valence-electron chi connectivity index (χ4n) is 2.90. The smallest absolute Gasteiger partial charge is 0.344 e. The van der Waals surface area contributed by atoms with Gasteiger partial charge in [0.25, 0.3) is 0 Å². The fraction of sp³-hybridized carbons (Fsp3) is 0.316. The van der Waals surface area contributed by atoms with Crippen LogP contribution in [0.2, 0.25) is 0 Å². The molecule has 2 atom stereocenters. The third-order valence-electron chi connectivity index (χ3n) is 4.04. The molecular formula is C19H22ClNO3. The first-order chi connectivity index (χ1) is 11.3. The molecule has 3 rings (SSSR count). The van der Waals surface area contributed by atoms with Crippen molar-refractivity contribution in [1.82, 2.24) is 5.32 Å². The van der Waals surface area contributed by atoms with Gasteiger partial charge in [-0.05, 0) is 30.7 Å². The number of esters is 1. The lowest BCUT2D eigenvalue weighted by molar-refractivity contribution is -0.153. The summed E-state index contributed by atoms with van der Waals surface area (Å²) in [6.45, 7) is 1.55. The molecule has 1 N–H and O–H groups in total. The Balaban J connectivity index is 0.00000208. The molecule has 0 unspecified atom stereocenters. The van der Waals surface area contributed by atoms with Gasteiger partial charge < -0.3 is 14.8 Å². The van der Waals surface area contributed by atoms with Crippen molar-refractivity contribution in [2.45, 2.75) is 18.4 Å². The summed E-state index contributed by atoms with van der Waals surface area (Å²) < 4.78 is 11.1. The average Bonchev–Trinajstić information content (AvgIpc) is 2.62. The molecule has 4 nitrogen and oxygen atoms in total. The molecule has 0 radical (unpaired) electrons. The monoisotopic (exact) mass is 347 g/mol. The van der Waals surface area contributed by atoms with E-state index >= 15 is 0 Å². The zero-order valence-corrected chi connectivity index (χ0v) is 14.2. The number of piperidine rings is 1. The van der Waals surface area contributed by atoms with Crippen LogP contribution in [0, 0.1) is 0 Å². The normalized spacial score (nSPS) is 19.8. The minimum Gasteiger partial charge on any atom is -0.482 e. The van der Waals surface area contributed by atoms with Gasteiger partial charge in [-0.2, -0.15) is 0 Å². The van der Waals surface area contributed by atoms with E-state index in [2.05, 4.69) is 17.4 Å². The van der Waals surface area contributed by atoms with Crippen molar-refractivity contribution in [3.8, 4) is 5.75 Å². The molecule has 0 bridgehead atoms. The Morgan fingerprint density at radius 2 is 1.71 bits per heavy atom. The Morgan fingerprint density at radius 1 is 1.04 bits per heavy atom. The van der Waals surface area contributed by atoms with Gasteiger partial charge in [-0.15, -0.1) is 12.4 Å². The molecule has 128 valence electrons. The number of para-hydroxylation sites is 1. The Bertz CT molecular complexity index is 621.